The lowest BCUT2D eigenvalue weighted by molar-refractivity contribution is -0.111. The third-order valence-electron chi connectivity index (χ3n) is 4.24. The Morgan fingerprint density at radius 1 is 0.917 bits per heavy atom. The molecule has 2 nitrogen and oxygen atoms in total. The second-order valence-corrected chi connectivity index (χ2v) is 8.65. The highest BCUT2D eigenvalue weighted by atomic mass is 16.3. The van der Waals surface area contributed by atoms with Gasteiger partial charge in [-0.1, -0.05) is 53.2 Å². The van der Waals surface area contributed by atoms with Crippen LogP contribution in [-0.2, 0) is 15.6 Å². The van der Waals surface area contributed by atoms with Crippen molar-refractivity contribution in [2.24, 2.45) is 0 Å². The third kappa shape index (κ3) is 3.87. The SMILES string of the molecule is CC1=C/C(=C\c2cc(C(C)(C)C)c(O)c(C(C)(C)C)c2)C(=O)C=C1. The Morgan fingerprint density at radius 2 is 1.42 bits per heavy atom. The number of ketones is 1. The van der Waals surface area contributed by atoms with E-state index < -0.39 is 0 Å². The van der Waals surface area contributed by atoms with E-state index in [0.29, 0.717) is 11.3 Å². The molecule has 1 aromatic carbocycles. The maximum absolute atomic E-state index is 12.1. The summed E-state index contributed by atoms with van der Waals surface area (Å²) in [6, 6.07) is 3.98. The largest absolute Gasteiger partial charge is 0.507 e. The first-order valence-electron chi connectivity index (χ1n) is 8.40. The molecule has 1 aliphatic carbocycles. The van der Waals surface area contributed by atoms with Gasteiger partial charge in [-0.2, -0.15) is 0 Å². The van der Waals surface area contributed by atoms with Crippen molar-refractivity contribution in [2.75, 3.05) is 0 Å². The molecule has 0 fully saturated rings. The molecule has 2 heteroatoms. The van der Waals surface area contributed by atoms with Gasteiger partial charge in [-0.3, -0.25) is 4.79 Å². The van der Waals surface area contributed by atoms with Crippen LogP contribution in [0.2, 0.25) is 0 Å². The van der Waals surface area contributed by atoms with Crippen LogP contribution < -0.4 is 0 Å². The average Bonchev–Trinajstić information content (AvgIpc) is 2.42. The zero-order valence-corrected chi connectivity index (χ0v) is 15.8. The first-order chi connectivity index (χ1) is 10.9. The molecule has 1 aliphatic rings. The maximum Gasteiger partial charge on any atom is 0.185 e. The predicted octanol–water partition coefficient (Wildman–Crippen LogP) is 5.46. The van der Waals surface area contributed by atoms with Crippen molar-refractivity contribution in [3.05, 3.63) is 58.2 Å². The van der Waals surface area contributed by atoms with E-state index in [9.17, 15) is 9.90 Å². The molecule has 24 heavy (non-hydrogen) atoms. The second kappa shape index (κ2) is 6.08. The fourth-order valence-electron chi connectivity index (χ4n) is 2.84. The lowest BCUT2D eigenvalue weighted by Crippen LogP contribution is -2.17. The van der Waals surface area contributed by atoms with E-state index in [4.69, 9.17) is 0 Å². The highest BCUT2D eigenvalue weighted by molar-refractivity contribution is 6.10. The summed E-state index contributed by atoms with van der Waals surface area (Å²) < 4.78 is 0. The van der Waals surface area contributed by atoms with Crippen molar-refractivity contribution in [2.45, 2.75) is 59.3 Å². The van der Waals surface area contributed by atoms with Crippen LogP contribution in [0.3, 0.4) is 0 Å². The summed E-state index contributed by atoms with van der Waals surface area (Å²) in [5.74, 6) is 0.377. The molecule has 0 heterocycles. The second-order valence-electron chi connectivity index (χ2n) is 8.65. The fraction of sp³-hybridized carbons (Fsp3) is 0.409. The number of aromatic hydroxyl groups is 1. The van der Waals surface area contributed by atoms with Crippen molar-refractivity contribution in [1.82, 2.24) is 0 Å². The molecule has 1 aromatic rings. The summed E-state index contributed by atoms with van der Waals surface area (Å²) in [5, 5.41) is 10.8. The minimum absolute atomic E-state index is 0.0169. The highest BCUT2D eigenvalue weighted by Crippen LogP contribution is 2.40. The van der Waals surface area contributed by atoms with Gasteiger partial charge < -0.3 is 5.11 Å². The van der Waals surface area contributed by atoms with Crippen LogP contribution in [0.4, 0.5) is 0 Å². The monoisotopic (exact) mass is 324 g/mol. The number of phenolic OH excluding ortho intramolecular Hbond substituents is 1. The Morgan fingerprint density at radius 3 is 1.88 bits per heavy atom. The number of rotatable bonds is 1. The van der Waals surface area contributed by atoms with E-state index in [2.05, 4.69) is 41.5 Å². The zero-order chi connectivity index (χ0) is 18.3. The van der Waals surface area contributed by atoms with Gasteiger partial charge >= 0.3 is 0 Å². The summed E-state index contributed by atoms with van der Waals surface area (Å²) in [7, 11) is 0. The van der Waals surface area contributed by atoms with Gasteiger partial charge in [0, 0.05) is 16.7 Å². The Labute approximate surface area is 145 Å². The molecule has 0 saturated heterocycles. The number of hydrogen-bond donors (Lipinski definition) is 1. The molecule has 0 amide bonds. The van der Waals surface area contributed by atoms with Crippen molar-refractivity contribution < 1.29 is 9.90 Å². The van der Waals surface area contributed by atoms with Gasteiger partial charge in [0.15, 0.2) is 5.78 Å². The Hall–Kier alpha value is -2.09. The summed E-state index contributed by atoms with van der Waals surface area (Å²) >= 11 is 0. The normalized spacial score (nSPS) is 17.4. The number of allylic oxidation sites excluding steroid dienone is 5. The molecule has 0 aliphatic heterocycles. The van der Waals surface area contributed by atoms with Crippen molar-refractivity contribution >= 4 is 11.9 Å². The minimum atomic E-state index is -0.180. The Kier molecular flexibility index (Phi) is 4.63. The van der Waals surface area contributed by atoms with E-state index >= 15 is 0 Å². The number of hydrogen-bond acceptors (Lipinski definition) is 2. The van der Waals surface area contributed by atoms with Crippen LogP contribution in [0.1, 0.15) is 65.2 Å². The molecular weight excluding hydrogens is 296 g/mol. The quantitative estimate of drug-likeness (QED) is 0.697. The van der Waals surface area contributed by atoms with E-state index in [1.54, 1.807) is 6.08 Å². The summed E-state index contributed by atoms with van der Waals surface area (Å²) in [6.45, 7) is 14.5. The minimum Gasteiger partial charge on any atom is -0.507 e. The first kappa shape index (κ1) is 18.3. The summed E-state index contributed by atoms with van der Waals surface area (Å²) in [6.07, 6.45) is 7.26. The molecule has 0 bridgehead atoms. The lowest BCUT2D eigenvalue weighted by atomic mass is 9.78. The fourth-order valence-corrected chi connectivity index (χ4v) is 2.84. The zero-order valence-electron chi connectivity index (χ0n) is 15.8. The number of carbonyl (C=O) groups excluding carboxylic acids is 1. The molecule has 0 spiro atoms. The molecule has 0 saturated carbocycles. The summed E-state index contributed by atoms with van der Waals surface area (Å²) in [5.41, 5.74) is 4.14. The van der Waals surface area contributed by atoms with Gasteiger partial charge in [0.2, 0.25) is 0 Å². The van der Waals surface area contributed by atoms with Crippen LogP contribution >= 0.6 is 0 Å². The molecule has 0 unspecified atom stereocenters. The smallest absolute Gasteiger partial charge is 0.185 e. The molecule has 1 N–H and O–H groups in total. The van der Waals surface area contributed by atoms with Crippen LogP contribution in [0.25, 0.3) is 6.08 Å². The topological polar surface area (TPSA) is 37.3 Å². The van der Waals surface area contributed by atoms with Gasteiger partial charge in [-0.25, -0.2) is 0 Å². The summed E-state index contributed by atoms with van der Waals surface area (Å²) in [4.78, 5) is 12.1. The van der Waals surface area contributed by atoms with Gasteiger partial charge in [-0.05, 0) is 53.7 Å². The molecule has 0 aromatic heterocycles. The van der Waals surface area contributed by atoms with Crippen molar-refractivity contribution in [3.63, 3.8) is 0 Å². The molecule has 0 atom stereocenters. The van der Waals surface area contributed by atoms with E-state index in [1.165, 1.54) is 0 Å². The molecule has 0 radical (unpaired) electrons. The van der Waals surface area contributed by atoms with Crippen molar-refractivity contribution in [3.8, 4) is 5.75 Å². The van der Waals surface area contributed by atoms with Crippen molar-refractivity contribution in [1.29, 1.82) is 0 Å². The average molecular weight is 324 g/mol. The maximum atomic E-state index is 12.1. The number of carbonyl (C=O) groups is 1. The Bertz CT molecular complexity index is 725. The van der Waals surface area contributed by atoms with Crippen LogP contribution in [0.5, 0.6) is 5.75 Å². The number of benzene rings is 1. The standard InChI is InChI=1S/C22H28O2/c1-14-8-9-19(23)16(10-14)11-15-12-17(21(2,3)4)20(24)18(13-15)22(5,6)7/h8-13,24H,1-7H3/b16-11+. The van der Waals surface area contributed by atoms with Crippen LogP contribution in [0.15, 0.2) is 41.5 Å². The van der Waals surface area contributed by atoms with Gasteiger partial charge in [0.25, 0.3) is 0 Å². The van der Waals surface area contributed by atoms with E-state index in [0.717, 1.165) is 22.3 Å². The molecule has 2 rings (SSSR count). The third-order valence-corrected chi connectivity index (χ3v) is 4.24. The first-order valence-corrected chi connectivity index (χ1v) is 8.40. The molecule has 128 valence electrons. The van der Waals surface area contributed by atoms with Gasteiger partial charge in [0.1, 0.15) is 5.75 Å². The lowest BCUT2D eigenvalue weighted by Gasteiger charge is -2.28. The van der Waals surface area contributed by atoms with Crippen LogP contribution in [0, 0.1) is 0 Å². The van der Waals surface area contributed by atoms with Gasteiger partial charge in [-0.15, -0.1) is 0 Å². The highest BCUT2D eigenvalue weighted by Gasteiger charge is 2.26. The van der Waals surface area contributed by atoms with E-state index in [-0.39, 0.29) is 16.6 Å². The van der Waals surface area contributed by atoms with Gasteiger partial charge in [0.05, 0.1) is 0 Å². The number of phenols is 1. The molecular formula is C22H28O2. The van der Waals surface area contributed by atoms with E-state index in [1.807, 2.05) is 37.3 Å². The van der Waals surface area contributed by atoms with Crippen LogP contribution in [-0.4, -0.2) is 10.9 Å². The predicted molar refractivity (Wildman–Crippen MR) is 101 cm³/mol. The Balaban J connectivity index is 2.68.